The van der Waals surface area contributed by atoms with Crippen LogP contribution in [0.1, 0.15) is 139 Å². The lowest BCUT2D eigenvalue weighted by molar-refractivity contribution is 0.0628. The Bertz CT molecular complexity index is 828. The molecule has 3 unspecified atom stereocenters. The van der Waals surface area contributed by atoms with Gasteiger partial charge in [-0.1, -0.05) is 169 Å². The van der Waals surface area contributed by atoms with Gasteiger partial charge in [0, 0.05) is 26.5 Å². The van der Waals surface area contributed by atoms with Crippen LogP contribution in [0.3, 0.4) is 0 Å². The zero-order valence-electron chi connectivity index (χ0n) is 24.9. The summed E-state index contributed by atoms with van der Waals surface area (Å²) in [5, 5.41) is 0.596. The summed E-state index contributed by atoms with van der Waals surface area (Å²) in [6.45, 7) is 10.2. The van der Waals surface area contributed by atoms with Crippen molar-refractivity contribution in [2.45, 2.75) is 177 Å². The molecule has 13 heteroatoms. The molecule has 8 nitrogen and oxygen atoms in total. The molecule has 3 atom stereocenters. The molecule has 1 saturated carbocycles. The molecule has 2 N–H and O–H groups in total. The summed E-state index contributed by atoms with van der Waals surface area (Å²) in [4.78, 5) is 23.6. The van der Waals surface area contributed by atoms with Gasteiger partial charge in [-0.2, -0.15) is 0 Å². The summed E-state index contributed by atoms with van der Waals surface area (Å²) in [7, 11) is -11.7. The standard InChI is InChI=1S/C25H52O8Si5.10CH4/c1-9-10-11-18-23-35(7,26)36(8,24-19-14-12-15-20-24)33-38(29-3,30-4)32-34(5,6)31-37(27,28-2)25-21-16-13-17-22-25;;;;;;;;;;/h13,16-17,21-22,24,26-27H,9-12,14-15,18-20,23H2,1-8H3;10*1H4. The van der Waals surface area contributed by atoms with Gasteiger partial charge in [0.05, 0.1) is 0 Å². The molecule has 1 aromatic rings. The minimum Gasteiger partial charge on any atom is -0.432 e. The first-order valence-electron chi connectivity index (χ1n) is 14.1. The van der Waals surface area contributed by atoms with Crippen molar-refractivity contribution in [2.24, 2.45) is 0 Å². The van der Waals surface area contributed by atoms with Crippen LogP contribution in [-0.4, -0.2) is 73.0 Å². The molecular weight excluding hydrogens is 689 g/mol. The molecule has 1 aliphatic carbocycles. The average Bonchev–Trinajstić information content (AvgIpc) is 2.91. The van der Waals surface area contributed by atoms with Crippen LogP contribution in [0.15, 0.2) is 30.3 Å². The summed E-state index contributed by atoms with van der Waals surface area (Å²) in [5.74, 6) is 0. The van der Waals surface area contributed by atoms with Gasteiger partial charge in [-0.25, -0.2) is 0 Å². The van der Waals surface area contributed by atoms with Crippen LogP contribution in [0.2, 0.25) is 37.8 Å². The molecule has 0 spiro atoms. The van der Waals surface area contributed by atoms with Crippen LogP contribution in [0.5, 0.6) is 0 Å². The molecule has 0 bridgehead atoms. The Kier molecular flexibility index (Phi) is 44.4. The number of benzene rings is 1. The van der Waals surface area contributed by atoms with Crippen molar-refractivity contribution in [3.8, 4) is 0 Å². The van der Waals surface area contributed by atoms with Gasteiger partial charge in [0.25, 0.3) is 0 Å². The Hall–Kier alpha value is -0.0156. The Morgan fingerprint density at radius 1 is 0.625 bits per heavy atom. The normalized spacial score (nSPS) is 16.2. The van der Waals surface area contributed by atoms with Crippen molar-refractivity contribution in [3.63, 3.8) is 0 Å². The first-order valence-corrected chi connectivity index (χ1v) is 26.4. The Labute approximate surface area is 309 Å². The SMILES string of the molecule is C.C.C.C.C.C.C.C.C.C.CCCCCC[Si](C)(O)[Si](C)(O[Si](OC)(OC)O[Si](C)(C)O[Si](O)(OC)c1ccccc1)C1CCCCC1. The van der Waals surface area contributed by atoms with E-state index >= 15 is 0 Å². The molecule has 0 aromatic heterocycles. The van der Waals surface area contributed by atoms with Gasteiger partial charge in [0.2, 0.25) is 15.7 Å². The Morgan fingerprint density at radius 2 is 1.10 bits per heavy atom. The van der Waals surface area contributed by atoms with Crippen molar-refractivity contribution >= 4 is 47.3 Å². The lowest BCUT2D eigenvalue weighted by Crippen LogP contribution is -2.72. The summed E-state index contributed by atoms with van der Waals surface area (Å²) < 4.78 is 37.4. The van der Waals surface area contributed by atoms with Crippen LogP contribution < -0.4 is 5.19 Å². The Morgan fingerprint density at radius 3 is 1.52 bits per heavy atom. The zero-order chi connectivity index (χ0) is 28.5. The zero-order valence-corrected chi connectivity index (χ0v) is 29.9. The number of hydrogen-bond donors (Lipinski definition) is 2. The average molecular weight is 782 g/mol. The third-order valence-corrected chi connectivity index (χ3v) is 34.2. The Balaban J connectivity index is -0.000000217. The smallest absolute Gasteiger partial charge is 0.432 e. The molecule has 0 amide bonds. The van der Waals surface area contributed by atoms with E-state index in [0.29, 0.717) is 10.7 Å². The summed E-state index contributed by atoms with van der Waals surface area (Å²) in [5.41, 5.74) is 0.324. The number of hydrogen-bond acceptors (Lipinski definition) is 8. The molecule has 1 aliphatic rings. The predicted octanol–water partition coefficient (Wildman–Crippen LogP) is 11.4. The lowest BCUT2D eigenvalue weighted by atomic mass is 10.0. The number of unbranched alkanes of at least 4 members (excludes halogenated alkanes) is 3. The third kappa shape index (κ3) is 18.5. The quantitative estimate of drug-likeness (QED) is 0.119. The van der Waals surface area contributed by atoms with Crippen molar-refractivity contribution in [1.82, 2.24) is 0 Å². The molecule has 1 fully saturated rings. The van der Waals surface area contributed by atoms with Gasteiger partial charge >= 0.3 is 26.4 Å². The minimum atomic E-state index is -3.75. The third-order valence-electron chi connectivity index (χ3n) is 7.98. The van der Waals surface area contributed by atoms with Crippen molar-refractivity contribution < 1.29 is 35.2 Å². The highest BCUT2D eigenvalue weighted by atomic mass is 29.3. The second-order valence-corrected chi connectivity index (χ2v) is 32.8. The van der Waals surface area contributed by atoms with Crippen LogP contribution >= 0.6 is 0 Å². The second-order valence-electron chi connectivity index (χ2n) is 11.3. The maximum atomic E-state index is 12.2. The summed E-state index contributed by atoms with van der Waals surface area (Å²) in [6.07, 6.45) is 10.1. The van der Waals surface area contributed by atoms with Crippen molar-refractivity contribution in [1.29, 1.82) is 0 Å². The molecule has 1 aromatic carbocycles. The van der Waals surface area contributed by atoms with E-state index in [1.165, 1.54) is 20.0 Å². The second kappa shape index (κ2) is 30.6. The van der Waals surface area contributed by atoms with Crippen LogP contribution in [0.25, 0.3) is 0 Å². The van der Waals surface area contributed by atoms with Gasteiger partial charge in [-0.05, 0) is 37.8 Å². The minimum absolute atomic E-state index is 0. The summed E-state index contributed by atoms with van der Waals surface area (Å²) in [6, 6.07) is 9.96. The maximum Gasteiger partial charge on any atom is 0.659 e. The van der Waals surface area contributed by atoms with Gasteiger partial charge in [-0.15, -0.1) is 0 Å². The lowest BCUT2D eigenvalue weighted by Gasteiger charge is -2.49. The predicted molar refractivity (Wildman–Crippen MR) is 230 cm³/mol. The fourth-order valence-electron chi connectivity index (χ4n) is 5.48. The van der Waals surface area contributed by atoms with E-state index in [1.807, 2.05) is 31.3 Å². The molecule has 2 rings (SSSR count). The first kappa shape index (κ1) is 69.7. The van der Waals surface area contributed by atoms with Crippen molar-refractivity contribution in [3.05, 3.63) is 30.3 Å². The summed E-state index contributed by atoms with van der Waals surface area (Å²) >= 11 is 0. The maximum absolute atomic E-state index is 12.2. The monoisotopic (exact) mass is 781 g/mol. The van der Waals surface area contributed by atoms with Crippen LogP contribution in [-0.2, 0) is 25.6 Å². The van der Waals surface area contributed by atoms with E-state index in [1.54, 1.807) is 26.4 Å². The molecule has 0 heterocycles. The van der Waals surface area contributed by atoms with E-state index < -0.39 is 42.1 Å². The van der Waals surface area contributed by atoms with Gasteiger partial charge in [0.15, 0.2) is 0 Å². The molecule has 0 aliphatic heterocycles. The highest BCUT2D eigenvalue weighted by Gasteiger charge is 2.63. The molecule has 0 saturated heterocycles. The molecule has 0 radical (unpaired) electrons. The van der Waals surface area contributed by atoms with E-state index in [4.69, 9.17) is 25.6 Å². The van der Waals surface area contributed by atoms with Gasteiger partial charge in [0.1, 0.15) is 0 Å². The number of rotatable bonds is 17. The van der Waals surface area contributed by atoms with Crippen LogP contribution in [0.4, 0.5) is 0 Å². The fourth-order valence-corrected chi connectivity index (χ4v) is 30.9. The first-order chi connectivity index (χ1) is 17.8. The van der Waals surface area contributed by atoms with E-state index in [-0.39, 0.29) is 74.3 Å². The van der Waals surface area contributed by atoms with Gasteiger partial charge in [-0.3, -0.25) is 0 Å². The molecular formula is C35H92O8Si5. The highest BCUT2D eigenvalue weighted by molar-refractivity contribution is 7.37. The van der Waals surface area contributed by atoms with E-state index in [9.17, 15) is 9.59 Å². The van der Waals surface area contributed by atoms with Crippen molar-refractivity contribution in [2.75, 3.05) is 21.3 Å². The fraction of sp³-hybridized carbons (Fsp3) is 0.829. The van der Waals surface area contributed by atoms with Crippen LogP contribution in [0, 0.1) is 0 Å². The largest absolute Gasteiger partial charge is 0.659 e. The topological polar surface area (TPSA) is 95.8 Å². The molecule has 48 heavy (non-hydrogen) atoms. The van der Waals surface area contributed by atoms with E-state index in [0.717, 1.165) is 51.0 Å². The van der Waals surface area contributed by atoms with Gasteiger partial charge < -0.3 is 35.2 Å². The van der Waals surface area contributed by atoms with E-state index in [2.05, 4.69) is 20.0 Å². The molecule has 300 valence electrons. The highest BCUT2D eigenvalue weighted by Crippen LogP contribution is 2.45.